The van der Waals surface area contributed by atoms with Crippen LogP contribution in [0.25, 0.3) is 0 Å². The van der Waals surface area contributed by atoms with E-state index in [0.717, 1.165) is 4.31 Å². The Bertz CT molecular complexity index is 1420. The van der Waals surface area contributed by atoms with E-state index in [2.05, 4.69) is 5.32 Å². The van der Waals surface area contributed by atoms with Crippen molar-refractivity contribution in [2.45, 2.75) is 11.8 Å². The van der Waals surface area contributed by atoms with Gasteiger partial charge in [0.1, 0.15) is 23.8 Å². The van der Waals surface area contributed by atoms with Gasteiger partial charge in [0.2, 0.25) is 5.91 Å². The third-order valence-corrected chi connectivity index (χ3v) is 7.17. The second-order valence-corrected chi connectivity index (χ2v) is 9.83. The van der Waals surface area contributed by atoms with Crippen LogP contribution in [-0.2, 0) is 14.8 Å². The van der Waals surface area contributed by atoms with Crippen LogP contribution in [0.2, 0.25) is 0 Å². The summed E-state index contributed by atoms with van der Waals surface area (Å²) in [6.45, 7) is 1.36. The summed E-state index contributed by atoms with van der Waals surface area (Å²) < 4.78 is 39.3. The quantitative estimate of drug-likeness (QED) is 0.321. The molecule has 0 spiro atoms. The molecule has 184 valence electrons. The molecule has 1 amide bonds. The monoisotopic (exact) mass is 502 g/mol. The van der Waals surface area contributed by atoms with E-state index < -0.39 is 22.5 Å². The van der Waals surface area contributed by atoms with Gasteiger partial charge >= 0.3 is 0 Å². The lowest BCUT2D eigenvalue weighted by molar-refractivity contribution is -0.114. The third kappa shape index (κ3) is 5.84. The molecule has 4 aromatic carbocycles. The van der Waals surface area contributed by atoms with Crippen LogP contribution in [0.3, 0.4) is 0 Å². The maximum absolute atomic E-state index is 13.6. The molecule has 7 nitrogen and oxygen atoms in total. The van der Waals surface area contributed by atoms with Gasteiger partial charge in [-0.2, -0.15) is 0 Å². The van der Waals surface area contributed by atoms with E-state index in [1.165, 1.54) is 19.2 Å². The number of benzene rings is 4. The fourth-order valence-electron chi connectivity index (χ4n) is 3.61. The molecule has 36 heavy (non-hydrogen) atoms. The van der Waals surface area contributed by atoms with Crippen LogP contribution in [0.1, 0.15) is 5.56 Å². The molecule has 0 bridgehead atoms. The van der Waals surface area contributed by atoms with E-state index in [0.29, 0.717) is 34.2 Å². The number of hydrogen-bond acceptors (Lipinski definition) is 5. The van der Waals surface area contributed by atoms with Crippen molar-refractivity contribution in [2.24, 2.45) is 0 Å². The number of amides is 1. The van der Waals surface area contributed by atoms with E-state index in [-0.39, 0.29) is 4.90 Å². The molecule has 0 aliphatic rings. The van der Waals surface area contributed by atoms with Gasteiger partial charge in [-0.3, -0.25) is 9.10 Å². The molecule has 0 atom stereocenters. The highest BCUT2D eigenvalue weighted by molar-refractivity contribution is 7.92. The fraction of sp³-hybridized carbons (Fsp3) is 0.107. The number of carbonyl (C=O) groups excluding carboxylic acids is 1. The van der Waals surface area contributed by atoms with Crippen molar-refractivity contribution < 1.29 is 22.7 Å². The molecule has 8 heteroatoms. The van der Waals surface area contributed by atoms with Crippen molar-refractivity contribution in [3.63, 3.8) is 0 Å². The molecule has 0 aliphatic carbocycles. The van der Waals surface area contributed by atoms with E-state index in [4.69, 9.17) is 9.47 Å². The number of nitrogens with zero attached hydrogens (tertiary/aromatic N) is 1. The first-order valence-electron chi connectivity index (χ1n) is 11.2. The average Bonchev–Trinajstić information content (AvgIpc) is 2.89. The highest BCUT2D eigenvalue weighted by Crippen LogP contribution is 2.28. The number of nitrogens with one attached hydrogen (secondary N) is 1. The smallest absolute Gasteiger partial charge is 0.264 e. The van der Waals surface area contributed by atoms with Crippen LogP contribution >= 0.6 is 0 Å². The van der Waals surface area contributed by atoms with Crippen LogP contribution in [-0.4, -0.2) is 28.0 Å². The van der Waals surface area contributed by atoms with Gasteiger partial charge in [-0.25, -0.2) is 8.42 Å². The highest BCUT2D eigenvalue weighted by atomic mass is 32.2. The number of ether oxygens (including phenoxy) is 2. The van der Waals surface area contributed by atoms with Crippen molar-refractivity contribution in [1.82, 2.24) is 0 Å². The molecule has 4 aromatic rings. The van der Waals surface area contributed by atoms with Gasteiger partial charge in [0, 0.05) is 5.69 Å². The second-order valence-electron chi connectivity index (χ2n) is 7.97. The molecule has 0 aliphatic heterocycles. The Morgan fingerprint density at radius 1 is 0.833 bits per heavy atom. The van der Waals surface area contributed by atoms with E-state index in [1.54, 1.807) is 67.6 Å². The van der Waals surface area contributed by atoms with Crippen LogP contribution in [0.4, 0.5) is 11.4 Å². The Balaban J connectivity index is 1.53. The standard InChI is InChI=1S/C28H26N2O5S/c1-21-19-26(17-18-27(21)34-2)36(32,33)30(23-9-5-3-6-10-23)20-28(31)29-22-13-15-25(16-14-22)35-24-11-7-4-8-12-24/h3-19H,20H2,1-2H3,(H,29,31). The van der Waals surface area contributed by atoms with Gasteiger partial charge in [-0.1, -0.05) is 36.4 Å². The summed E-state index contributed by atoms with van der Waals surface area (Å²) in [6, 6.07) is 29.3. The zero-order chi connectivity index (χ0) is 25.5. The Labute approximate surface area is 211 Å². The number of carbonyl (C=O) groups is 1. The number of anilines is 2. The minimum Gasteiger partial charge on any atom is -0.496 e. The Kier molecular flexibility index (Phi) is 7.56. The maximum atomic E-state index is 13.6. The zero-order valence-corrected chi connectivity index (χ0v) is 20.7. The van der Waals surface area contributed by atoms with Gasteiger partial charge in [0.05, 0.1) is 17.7 Å². The zero-order valence-electron chi connectivity index (χ0n) is 19.9. The number of hydrogen-bond donors (Lipinski definition) is 1. The summed E-state index contributed by atoms with van der Waals surface area (Å²) in [5.41, 5.74) is 1.58. The van der Waals surface area contributed by atoms with Gasteiger partial charge in [0.15, 0.2) is 0 Å². The van der Waals surface area contributed by atoms with E-state index >= 15 is 0 Å². The predicted octanol–water partition coefficient (Wildman–Crippen LogP) is 5.63. The van der Waals surface area contributed by atoms with Gasteiger partial charge in [-0.15, -0.1) is 0 Å². The molecule has 0 saturated heterocycles. The minimum absolute atomic E-state index is 0.0693. The SMILES string of the molecule is COc1ccc(S(=O)(=O)N(CC(=O)Nc2ccc(Oc3ccccc3)cc2)c2ccccc2)cc1C. The number of para-hydroxylation sites is 2. The molecular weight excluding hydrogens is 476 g/mol. The predicted molar refractivity (Wildman–Crippen MR) is 140 cm³/mol. The minimum atomic E-state index is -4.03. The Hall–Kier alpha value is -4.30. The van der Waals surface area contributed by atoms with Gasteiger partial charge < -0.3 is 14.8 Å². The normalized spacial score (nSPS) is 10.9. The third-order valence-electron chi connectivity index (χ3n) is 5.40. The number of rotatable bonds is 9. The molecule has 0 saturated carbocycles. The van der Waals surface area contributed by atoms with Crippen LogP contribution in [0.15, 0.2) is 108 Å². The lowest BCUT2D eigenvalue weighted by Crippen LogP contribution is -2.38. The van der Waals surface area contributed by atoms with Crippen molar-refractivity contribution >= 4 is 27.3 Å². The highest BCUT2D eigenvalue weighted by Gasteiger charge is 2.27. The van der Waals surface area contributed by atoms with Crippen LogP contribution < -0.4 is 19.1 Å². The molecule has 0 heterocycles. The lowest BCUT2D eigenvalue weighted by atomic mass is 10.2. The fourth-order valence-corrected chi connectivity index (χ4v) is 5.12. The largest absolute Gasteiger partial charge is 0.496 e. The van der Waals surface area contributed by atoms with Crippen molar-refractivity contribution in [3.05, 3.63) is 109 Å². The van der Waals surface area contributed by atoms with Crippen molar-refractivity contribution in [1.29, 1.82) is 0 Å². The van der Waals surface area contributed by atoms with Crippen LogP contribution in [0.5, 0.6) is 17.2 Å². The average molecular weight is 503 g/mol. The molecule has 0 aromatic heterocycles. The maximum Gasteiger partial charge on any atom is 0.264 e. The van der Waals surface area contributed by atoms with Crippen molar-refractivity contribution in [3.8, 4) is 17.2 Å². The summed E-state index contributed by atoms with van der Waals surface area (Å²) in [5.74, 6) is 1.41. The topological polar surface area (TPSA) is 84.9 Å². The molecule has 0 fully saturated rings. The summed E-state index contributed by atoms with van der Waals surface area (Å²) in [6.07, 6.45) is 0. The number of aryl methyl sites for hydroxylation is 1. The summed E-state index contributed by atoms with van der Waals surface area (Å²) in [4.78, 5) is 13.0. The Morgan fingerprint density at radius 3 is 2.06 bits per heavy atom. The first-order chi connectivity index (χ1) is 17.4. The summed E-state index contributed by atoms with van der Waals surface area (Å²) >= 11 is 0. The van der Waals surface area contributed by atoms with E-state index in [9.17, 15) is 13.2 Å². The summed E-state index contributed by atoms with van der Waals surface area (Å²) in [5, 5.41) is 2.77. The number of methoxy groups -OCH3 is 1. The number of sulfonamides is 1. The second kappa shape index (κ2) is 11.0. The molecule has 4 rings (SSSR count). The summed E-state index contributed by atoms with van der Waals surface area (Å²) in [7, 11) is -2.51. The molecular formula is C28H26N2O5S. The van der Waals surface area contributed by atoms with Crippen LogP contribution in [0, 0.1) is 6.92 Å². The first-order valence-corrected chi connectivity index (χ1v) is 12.7. The first kappa shape index (κ1) is 24.8. The van der Waals surface area contributed by atoms with E-state index in [1.807, 2.05) is 30.3 Å². The Morgan fingerprint density at radius 2 is 1.44 bits per heavy atom. The molecule has 0 unspecified atom stereocenters. The van der Waals surface area contributed by atoms with Gasteiger partial charge in [0.25, 0.3) is 10.0 Å². The molecule has 0 radical (unpaired) electrons. The van der Waals surface area contributed by atoms with Crippen molar-refractivity contribution in [2.75, 3.05) is 23.3 Å². The van der Waals surface area contributed by atoms with Gasteiger partial charge in [-0.05, 0) is 79.2 Å². The molecule has 1 N–H and O–H groups in total. The lowest BCUT2D eigenvalue weighted by Gasteiger charge is -2.24.